The van der Waals surface area contributed by atoms with Crippen LogP contribution < -0.4 is 5.32 Å². The van der Waals surface area contributed by atoms with E-state index in [1.165, 1.54) is 23.6 Å². The maximum atomic E-state index is 12.1. The summed E-state index contributed by atoms with van der Waals surface area (Å²) in [4.78, 5) is 27.2. The molecule has 0 unspecified atom stereocenters. The van der Waals surface area contributed by atoms with Gasteiger partial charge >= 0.3 is 5.97 Å². The van der Waals surface area contributed by atoms with Crippen molar-refractivity contribution in [2.24, 2.45) is 0 Å². The quantitative estimate of drug-likeness (QED) is 0.848. The van der Waals surface area contributed by atoms with Crippen molar-refractivity contribution >= 4 is 34.4 Å². The Bertz CT molecular complexity index is 677. The zero-order valence-corrected chi connectivity index (χ0v) is 11.5. The summed E-state index contributed by atoms with van der Waals surface area (Å²) in [6.45, 7) is 1.86. The van der Waals surface area contributed by atoms with Crippen LogP contribution in [0.3, 0.4) is 0 Å². The molecular weight excluding hydrogens is 276 g/mol. The van der Waals surface area contributed by atoms with E-state index in [0.717, 1.165) is 11.6 Å². The predicted molar refractivity (Wildman–Crippen MR) is 77.9 cm³/mol. The Balaban J connectivity index is 2.09. The molecule has 20 heavy (non-hydrogen) atoms. The zero-order chi connectivity index (χ0) is 14.5. The summed E-state index contributed by atoms with van der Waals surface area (Å²) >= 11 is 1.21. The largest absolute Gasteiger partial charge is 0.478 e. The Morgan fingerprint density at radius 3 is 2.80 bits per heavy atom. The number of carboxylic acid groups (broad SMARTS) is 1. The minimum absolute atomic E-state index is 0.230. The number of hydrogen-bond donors (Lipinski definition) is 2. The van der Waals surface area contributed by atoms with Gasteiger partial charge in [0.25, 0.3) is 5.91 Å². The van der Waals surface area contributed by atoms with Crippen LogP contribution in [0, 0.1) is 6.92 Å². The number of aryl methyl sites for hydroxylation is 1. The van der Waals surface area contributed by atoms with Crippen LogP contribution in [0.15, 0.2) is 36.5 Å². The summed E-state index contributed by atoms with van der Waals surface area (Å²) in [5.74, 6) is -1.25. The first-order valence-electron chi connectivity index (χ1n) is 5.80. The van der Waals surface area contributed by atoms with Crippen LogP contribution >= 0.6 is 11.3 Å². The number of nitrogens with one attached hydrogen (secondary N) is 1. The first-order valence-corrected chi connectivity index (χ1v) is 6.62. The molecule has 5 nitrogen and oxygen atoms in total. The molecule has 2 rings (SSSR count). The molecule has 1 aromatic heterocycles. The van der Waals surface area contributed by atoms with Crippen molar-refractivity contribution in [3.8, 4) is 0 Å². The number of aromatic nitrogens is 1. The van der Waals surface area contributed by atoms with Crippen LogP contribution in [0.2, 0.25) is 0 Å². The van der Waals surface area contributed by atoms with Gasteiger partial charge in [-0.05, 0) is 24.6 Å². The number of hydrogen-bond acceptors (Lipinski definition) is 4. The molecular formula is C14H12N2O3S. The van der Waals surface area contributed by atoms with Crippen molar-refractivity contribution < 1.29 is 14.7 Å². The number of carbonyl (C=O) groups excluding carboxylic acids is 1. The smallest absolute Gasteiger partial charge is 0.328 e. The third-order valence-electron chi connectivity index (χ3n) is 2.52. The molecule has 6 heteroatoms. The molecule has 0 spiro atoms. The second-order valence-electron chi connectivity index (χ2n) is 4.01. The van der Waals surface area contributed by atoms with Gasteiger partial charge in [0, 0.05) is 22.7 Å². The SMILES string of the molecule is Cc1ccccc1C(=O)Nc1ncc(C=CC(=O)O)s1. The van der Waals surface area contributed by atoms with Gasteiger partial charge in [0.2, 0.25) is 0 Å². The molecule has 0 fully saturated rings. The number of carboxylic acids is 1. The number of benzene rings is 1. The monoisotopic (exact) mass is 288 g/mol. The Morgan fingerprint density at radius 1 is 1.35 bits per heavy atom. The van der Waals surface area contributed by atoms with E-state index < -0.39 is 5.97 Å². The molecule has 0 atom stereocenters. The Labute approximate surface area is 119 Å². The number of carbonyl (C=O) groups is 2. The summed E-state index contributed by atoms with van der Waals surface area (Å²) in [5.41, 5.74) is 1.47. The van der Waals surface area contributed by atoms with Crippen molar-refractivity contribution in [2.45, 2.75) is 6.92 Å². The lowest BCUT2D eigenvalue weighted by molar-refractivity contribution is -0.131. The summed E-state index contributed by atoms with van der Waals surface area (Å²) in [6.07, 6.45) is 3.97. The lowest BCUT2D eigenvalue weighted by Gasteiger charge is -2.04. The Kier molecular flexibility index (Phi) is 4.27. The van der Waals surface area contributed by atoms with Crippen LogP contribution in [0.4, 0.5) is 5.13 Å². The standard InChI is InChI=1S/C14H12N2O3S/c1-9-4-2-3-5-11(9)13(19)16-14-15-8-10(20-14)6-7-12(17)18/h2-8H,1H3,(H,17,18)(H,15,16,19). The van der Waals surface area contributed by atoms with Crippen LogP contribution in [0.25, 0.3) is 6.08 Å². The van der Waals surface area contributed by atoms with E-state index in [0.29, 0.717) is 15.6 Å². The number of rotatable bonds is 4. The van der Waals surface area contributed by atoms with Gasteiger partial charge in [-0.2, -0.15) is 0 Å². The van der Waals surface area contributed by atoms with Gasteiger partial charge in [0.15, 0.2) is 5.13 Å². The fourth-order valence-corrected chi connectivity index (χ4v) is 2.28. The van der Waals surface area contributed by atoms with Crippen molar-refractivity contribution in [2.75, 3.05) is 5.32 Å². The number of anilines is 1. The number of amides is 1. The molecule has 1 heterocycles. The molecule has 102 valence electrons. The van der Waals surface area contributed by atoms with Gasteiger partial charge in [0.1, 0.15) is 0 Å². The maximum absolute atomic E-state index is 12.1. The van der Waals surface area contributed by atoms with E-state index in [1.807, 2.05) is 19.1 Å². The number of nitrogens with zero attached hydrogens (tertiary/aromatic N) is 1. The summed E-state index contributed by atoms with van der Waals surface area (Å²) in [6, 6.07) is 7.26. The highest BCUT2D eigenvalue weighted by atomic mass is 32.1. The number of aliphatic carboxylic acids is 1. The van der Waals surface area contributed by atoms with E-state index in [-0.39, 0.29) is 5.91 Å². The van der Waals surface area contributed by atoms with Gasteiger partial charge < -0.3 is 5.11 Å². The number of thiazole rings is 1. The lowest BCUT2D eigenvalue weighted by Crippen LogP contribution is -2.12. The highest BCUT2D eigenvalue weighted by molar-refractivity contribution is 7.16. The molecule has 0 aliphatic carbocycles. The van der Waals surface area contributed by atoms with E-state index in [2.05, 4.69) is 10.3 Å². The lowest BCUT2D eigenvalue weighted by atomic mass is 10.1. The fraction of sp³-hybridized carbons (Fsp3) is 0.0714. The summed E-state index contributed by atoms with van der Waals surface area (Å²) in [5, 5.41) is 11.7. The minimum atomic E-state index is -1.02. The van der Waals surface area contributed by atoms with E-state index in [9.17, 15) is 9.59 Å². The second kappa shape index (κ2) is 6.12. The topological polar surface area (TPSA) is 79.3 Å². The van der Waals surface area contributed by atoms with Crippen molar-refractivity contribution in [1.82, 2.24) is 4.98 Å². The molecule has 0 radical (unpaired) electrons. The molecule has 0 aliphatic heterocycles. The summed E-state index contributed by atoms with van der Waals surface area (Å²) in [7, 11) is 0. The van der Waals surface area contributed by atoms with E-state index in [1.54, 1.807) is 12.1 Å². The normalized spacial score (nSPS) is 10.7. The van der Waals surface area contributed by atoms with Gasteiger partial charge in [-0.3, -0.25) is 10.1 Å². The van der Waals surface area contributed by atoms with Crippen LogP contribution in [0.5, 0.6) is 0 Å². The molecule has 2 N–H and O–H groups in total. The second-order valence-corrected chi connectivity index (χ2v) is 5.07. The van der Waals surface area contributed by atoms with Crippen molar-refractivity contribution in [1.29, 1.82) is 0 Å². The van der Waals surface area contributed by atoms with Crippen LogP contribution in [-0.4, -0.2) is 22.0 Å². The molecule has 2 aromatic rings. The average molecular weight is 288 g/mol. The Morgan fingerprint density at radius 2 is 2.10 bits per heavy atom. The molecule has 0 aliphatic rings. The van der Waals surface area contributed by atoms with Crippen molar-refractivity contribution in [3.05, 3.63) is 52.5 Å². The first kappa shape index (κ1) is 14.0. The first-order chi connectivity index (χ1) is 9.56. The van der Waals surface area contributed by atoms with Gasteiger partial charge in [-0.1, -0.05) is 29.5 Å². The minimum Gasteiger partial charge on any atom is -0.478 e. The average Bonchev–Trinajstić information content (AvgIpc) is 2.84. The van der Waals surface area contributed by atoms with E-state index in [4.69, 9.17) is 5.11 Å². The summed E-state index contributed by atoms with van der Waals surface area (Å²) < 4.78 is 0. The van der Waals surface area contributed by atoms with E-state index >= 15 is 0 Å². The van der Waals surface area contributed by atoms with Crippen molar-refractivity contribution in [3.63, 3.8) is 0 Å². The molecule has 0 bridgehead atoms. The molecule has 1 aromatic carbocycles. The fourth-order valence-electron chi connectivity index (χ4n) is 1.57. The van der Waals surface area contributed by atoms with Gasteiger partial charge in [-0.25, -0.2) is 9.78 Å². The Hall–Kier alpha value is -2.47. The maximum Gasteiger partial charge on any atom is 0.328 e. The van der Waals surface area contributed by atoms with Crippen LogP contribution in [0.1, 0.15) is 20.8 Å². The molecule has 1 amide bonds. The van der Waals surface area contributed by atoms with Gasteiger partial charge in [-0.15, -0.1) is 0 Å². The molecule has 0 saturated carbocycles. The highest BCUT2D eigenvalue weighted by Gasteiger charge is 2.10. The predicted octanol–water partition coefficient (Wildman–Crippen LogP) is 2.80. The highest BCUT2D eigenvalue weighted by Crippen LogP contribution is 2.20. The third kappa shape index (κ3) is 3.52. The zero-order valence-electron chi connectivity index (χ0n) is 10.7. The molecule has 0 saturated heterocycles. The third-order valence-corrected chi connectivity index (χ3v) is 3.40. The van der Waals surface area contributed by atoms with Gasteiger partial charge in [0.05, 0.1) is 0 Å². The van der Waals surface area contributed by atoms with Crippen LogP contribution in [-0.2, 0) is 4.79 Å².